The van der Waals surface area contributed by atoms with Gasteiger partial charge in [-0.2, -0.15) is 0 Å². The lowest BCUT2D eigenvalue weighted by molar-refractivity contribution is 0.196. The molecule has 3 nitrogen and oxygen atoms in total. The molecule has 1 spiro atoms. The first-order valence-corrected chi connectivity index (χ1v) is 8.35. The second-order valence-corrected chi connectivity index (χ2v) is 7.33. The molecule has 2 heterocycles. The number of benzene rings is 1. The Morgan fingerprint density at radius 3 is 2.85 bits per heavy atom. The molecule has 4 heteroatoms. The average molecular weight is 338 g/mol. The number of nitrogens with one attached hydrogen (secondary N) is 1. The molecule has 1 saturated carbocycles. The second-order valence-electron chi connectivity index (χ2n) is 6.48. The van der Waals surface area contributed by atoms with Crippen LogP contribution in [0.4, 0.5) is 0 Å². The highest BCUT2D eigenvalue weighted by Crippen LogP contribution is 2.50. The summed E-state index contributed by atoms with van der Waals surface area (Å²) in [6.07, 6.45) is 6.10. The van der Waals surface area contributed by atoms with E-state index in [1.165, 1.54) is 31.2 Å². The average Bonchev–Trinajstić information content (AvgIpc) is 3.08. The Hall–Kier alpha value is -0.740. The van der Waals surface area contributed by atoms with Crippen molar-refractivity contribution in [2.45, 2.75) is 38.1 Å². The Kier molecular flexibility index (Phi) is 3.19. The maximum absolute atomic E-state index is 6.04. The molecule has 1 saturated heterocycles. The lowest BCUT2D eigenvalue weighted by Gasteiger charge is -2.14. The summed E-state index contributed by atoms with van der Waals surface area (Å²) in [7, 11) is 0. The van der Waals surface area contributed by atoms with Crippen LogP contribution in [-0.2, 0) is 6.42 Å². The third-order valence-electron chi connectivity index (χ3n) is 4.73. The lowest BCUT2D eigenvalue weighted by atomic mass is 10.0. The van der Waals surface area contributed by atoms with Crippen molar-refractivity contribution >= 4 is 15.9 Å². The zero-order valence-corrected chi connectivity index (χ0v) is 13.2. The summed E-state index contributed by atoms with van der Waals surface area (Å²) < 4.78 is 13.1. The van der Waals surface area contributed by atoms with E-state index in [1.54, 1.807) is 0 Å². The van der Waals surface area contributed by atoms with Crippen LogP contribution < -0.4 is 14.8 Å². The fraction of sp³-hybridized carbons (Fsp3) is 0.625. The van der Waals surface area contributed by atoms with Gasteiger partial charge in [0, 0.05) is 11.5 Å². The van der Waals surface area contributed by atoms with E-state index in [1.807, 2.05) is 0 Å². The van der Waals surface area contributed by atoms with Crippen LogP contribution in [0.5, 0.6) is 11.5 Å². The van der Waals surface area contributed by atoms with Gasteiger partial charge in [-0.3, -0.25) is 0 Å². The Labute approximate surface area is 128 Å². The second kappa shape index (κ2) is 4.92. The zero-order valence-electron chi connectivity index (χ0n) is 11.6. The highest BCUT2D eigenvalue weighted by Gasteiger charge is 2.46. The fourth-order valence-corrected chi connectivity index (χ4v) is 3.77. The normalized spacial score (nSPS) is 26.6. The van der Waals surface area contributed by atoms with Crippen LogP contribution in [-0.4, -0.2) is 25.8 Å². The molecule has 2 fully saturated rings. The van der Waals surface area contributed by atoms with Crippen molar-refractivity contribution < 1.29 is 9.47 Å². The van der Waals surface area contributed by atoms with Crippen molar-refractivity contribution in [1.29, 1.82) is 0 Å². The molecular formula is C16H20BrNO2. The summed E-state index contributed by atoms with van der Waals surface area (Å²) >= 11 is 3.65. The van der Waals surface area contributed by atoms with Crippen molar-refractivity contribution in [2.75, 3.05) is 19.8 Å². The molecular weight excluding hydrogens is 318 g/mol. The van der Waals surface area contributed by atoms with E-state index in [0.29, 0.717) is 11.5 Å². The Balaban J connectivity index is 1.57. The summed E-state index contributed by atoms with van der Waals surface area (Å²) in [5.41, 5.74) is 1.62. The fourth-order valence-electron chi connectivity index (χ4n) is 3.17. The van der Waals surface area contributed by atoms with E-state index in [2.05, 4.69) is 33.4 Å². The van der Waals surface area contributed by atoms with Gasteiger partial charge in [0.2, 0.25) is 0 Å². The van der Waals surface area contributed by atoms with Gasteiger partial charge in [-0.25, -0.2) is 0 Å². The van der Waals surface area contributed by atoms with Crippen LogP contribution in [0, 0.1) is 5.41 Å². The van der Waals surface area contributed by atoms with E-state index in [-0.39, 0.29) is 0 Å². The van der Waals surface area contributed by atoms with Crippen molar-refractivity contribution in [2.24, 2.45) is 5.41 Å². The molecule has 0 amide bonds. The first-order chi connectivity index (χ1) is 9.74. The number of halogens is 1. The van der Waals surface area contributed by atoms with Crippen molar-refractivity contribution in [3.8, 4) is 11.5 Å². The lowest BCUT2D eigenvalue weighted by Crippen LogP contribution is -2.23. The van der Waals surface area contributed by atoms with Crippen LogP contribution in [0.15, 0.2) is 16.6 Å². The van der Waals surface area contributed by atoms with E-state index in [4.69, 9.17) is 9.47 Å². The van der Waals surface area contributed by atoms with Gasteiger partial charge in [0.1, 0.15) is 0 Å². The first kappa shape index (κ1) is 13.0. The topological polar surface area (TPSA) is 30.5 Å². The number of hydrogen-bond acceptors (Lipinski definition) is 3. The Morgan fingerprint density at radius 1 is 1.25 bits per heavy atom. The van der Waals surface area contributed by atoms with E-state index in [9.17, 15) is 0 Å². The Bertz CT molecular complexity index is 521. The number of fused-ring (bicyclic) bond motifs is 1. The minimum atomic E-state index is 0.297. The minimum absolute atomic E-state index is 0.297. The number of rotatable bonds is 2. The van der Waals surface area contributed by atoms with Gasteiger partial charge in [0.05, 0.1) is 17.7 Å². The molecule has 1 N–H and O–H groups in total. The molecule has 0 bridgehead atoms. The predicted molar refractivity (Wildman–Crippen MR) is 81.5 cm³/mol. The molecule has 1 aromatic rings. The third-order valence-corrected chi connectivity index (χ3v) is 5.32. The zero-order chi connectivity index (χ0) is 13.6. The van der Waals surface area contributed by atoms with Crippen molar-refractivity contribution in [3.63, 3.8) is 0 Å². The predicted octanol–water partition coefficient (Wildman–Crippen LogP) is 3.30. The van der Waals surface area contributed by atoms with Gasteiger partial charge in [0.25, 0.3) is 0 Å². The molecule has 0 aromatic heterocycles. The van der Waals surface area contributed by atoms with Gasteiger partial charge in [0.15, 0.2) is 11.5 Å². The Morgan fingerprint density at radius 2 is 2.10 bits per heavy atom. The maximum Gasteiger partial charge on any atom is 0.175 e. The third kappa shape index (κ3) is 2.44. The molecule has 4 rings (SSSR count). The number of hydrogen-bond donors (Lipinski definition) is 1. The van der Waals surface area contributed by atoms with Crippen LogP contribution in [0.25, 0.3) is 0 Å². The van der Waals surface area contributed by atoms with Gasteiger partial charge in [-0.15, -0.1) is 0 Å². The molecule has 1 atom stereocenters. The monoisotopic (exact) mass is 337 g/mol. The summed E-state index contributed by atoms with van der Waals surface area (Å²) in [6.45, 7) is 2.75. The molecule has 0 radical (unpaired) electrons. The quantitative estimate of drug-likeness (QED) is 0.898. The summed E-state index contributed by atoms with van der Waals surface area (Å²) in [4.78, 5) is 0. The van der Waals surface area contributed by atoms with Crippen molar-refractivity contribution in [3.05, 3.63) is 22.2 Å². The smallest absolute Gasteiger partial charge is 0.175 e. The summed E-state index contributed by atoms with van der Waals surface area (Å²) in [5, 5.41) is 3.55. The molecule has 108 valence electrons. The van der Waals surface area contributed by atoms with Gasteiger partial charge < -0.3 is 14.8 Å². The molecule has 2 aliphatic heterocycles. The van der Waals surface area contributed by atoms with E-state index >= 15 is 0 Å². The molecule has 20 heavy (non-hydrogen) atoms. The maximum atomic E-state index is 6.04. The van der Waals surface area contributed by atoms with E-state index in [0.717, 1.165) is 42.2 Å². The molecule has 1 unspecified atom stereocenters. The van der Waals surface area contributed by atoms with Crippen LogP contribution in [0.2, 0.25) is 0 Å². The largest absolute Gasteiger partial charge is 0.489 e. The molecule has 3 aliphatic rings. The summed E-state index contributed by atoms with van der Waals surface area (Å²) in [5.74, 6) is 1.80. The van der Waals surface area contributed by atoms with Gasteiger partial charge in [-0.05, 0) is 72.3 Å². The SMILES string of the molecule is Brc1cc(CC2CCCN2)cc2c1OCC1(CC1)CO2. The minimum Gasteiger partial charge on any atom is -0.489 e. The van der Waals surface area contributed by atoms with E-state index < -0.39 is 0 Å². The highest BCUT2D eigenvalue weighted by molar-refractivity contribution is 9.10. The van der Waals surface area contributed by atoms with Crippen LogP contribution in [0.1, 0.15) is 31.2 Å². The molecule has 1 aliphatic carbocycles. The molecule has 1 aromatic carbocycles. The number of ether oxygens (including phenoxy) is 2. The van der Waals surface area contributed by atoms with Crippen molar-refractivity contribution in [1.82, 2.24) is 5.32 Å². The van der Waals surface area contributed by atoms with Crippen LogP contribution in [0.3, 0.4) is 0 Å². The standard InChI is InChI=1S/C16H20BrNO2/c17-13-7-11(6-12-2-1-5-18-12)8-14-15(13)20-10-16(3-4-16)9-19-14/h7-8,12,18H,1-6,9-10H2. The van der Waals surface area contributed by atoms with Crippen LogP contribution >= 0.6 is 15.9 Å². The first-order valence-electron chi connectivity index (χ1n) is 7.56. The summed E-state index contributed by atoms with van der Waals surface area (Å²) in [6, 6.07) is 4.97. The van der Waals surface area contributed by atoms with Gasteiger partial charge in [-0.1, -0.05) is 0 Å². The highest BCUT2D eigenvalue weighted by atomic mass is 79.9. The van der Waals surface area contributed by atoms with Gasteiger partial charge >= 0.3 is 0 Å².